The van der Waals surface area contributed by atoms with Gasteiger partial charge in [0, 0.05) is 44.1 Å². The third-order valence-electron chi connectivity index (χ3n) is 4.68. The minimum Gasteiger partial charge on any atom is -0.342 e. The van der Waals surface area contributed by atoms with Gasteiger partial charge in [-0.25, -0.2) is 4.39 Å². The van der Waals surface area contributed by atoms with Gasteiger partial charge in [0.1, 0.15) is 5.82 Å². The standard InChI is InChI=1S/C17H23FN2O/c1-13(2)16(21)20-8-7-17(12-20)10-19(11-17)9-14-3-5-15(18)6-4-14/h3-6,13H,7-12H2,1-2H3. The van der Waals surface area contributed by atoms with E-state index in [2.05, 4.69) is 4.90 Å². The topological polar surface area (TPSA) is 23.6 Å². The molecule has 0 aliphatic carbocycles. The first-order valence-corrected chi connectivity index (χ1v) is 7.73. The van der Waals surface area contributed by atoms with Crippen LogP contribution in [0.25, 0.3) is 0 Å². The SMILES string of the molecule is CC(C)C(=O)N1CCC2(CN(Cc3ccc(F)cc3)C2)C1. The summed E-state index contributed by atoms with van der Waals surface area (Å²) in [4.78, 5) is 16.5. The van der Waals surface area contributed by atoms with E-state index in [0.29, 0.717) is 5.41 Å². The molecule has 2 fully saturated rings. The van der Waals surface area contributed by atoms with Crippen molar-refractivity contribution in [2.75, 3.05) is 26.2 Å². The molecule has 4 heteroatoms. The van der Waals surface area contributed by atoms with E-state index >= 15 is 0 Å². The molecule has 0 unspecified atom stereocenters. The van der Waals surface area contributed by atoms with Gasteiger partial charge in [-0.15, -0.1) is 0 Å². The summed E-state index contributed by atoms with van der Waals surface area (Å²) < 4.78 is 12.9. The van der Waals surface area contributed by atoms with E-state index in [1.807, 2.05) is 30.9 Å². The number of carbonyl (C=O) groups excluding carboxylic acids is 1. The zero-order chi connectivity index (χ0) is 15.0. The fourth-order valence-corrected chi connectivity index (χ4v) is 3.61. The van der Waals surface area contributed by atoms with Crippen molar-refractivity contribution in [3.8, 4) is 0 Å². The number of rotatable bonds is 3. The molecule has 0 bridgehead atoms. The van der Waals surface area contributed by atoms with E-state index in [1.54, 1.807) is 0 Å². The molecule has 0 saturated carbocycles. The number of nitrogens with zero attached hydrogens (tertiary/aromatic N) is 2. The molecule has 2 aliphatic rings. The number of hydrogen-bond donors (Lipinski definition) is 0. The van der Waals surface area contributed by atoms with Crippen LogP contribution in [0.2, 0.25) is 0 Å². The van der Waals surface area contributed by atoms with Crippen LogP contribution in [0.3, 0.4) is 0 Å². The first kappa shape index (κ1) is 14.5. The van der Waals surface area contributed by atoms with Crippen LogP contribution in [-0.4, -0.2) is 41.9 Å². The Kier molecular flexibility index (Phi) is 3.74. The molecule has 0 atom stereocenters. The molecule has 2 heterocycles. The molecule has 2 saturated heterocycles. The quantitative estimate of drug-likeness (QED) is 0.854. The van der Waals surface area contributed by atoms with Crippen LogP contribution >= 0.6 is 0 Å². The second kappa shape index (κ2) is 5.41. The van der Waals surface area contributed by atoms with Crippen LogP contribution in [0.4, 0.5) is 4.39 Å². The van der Waals surface area contributed by atoms with Crippen molar-refractivity contribution in [3.05, 3.63) is 35.6 Å². The number of carbonyl (C=O) groups is 1. The summed E-state index contributed by atoms with van der Waals surface area (Å²) in [5.41, 5.74) is 1.46. The maximum atomic E-state index is 12.9. The summed E-state index contributed by atoms with van der Waals surface area (Å²) in [7, 11) is 0. The van der Waals surface area contributed by atoms with E-state index < -0.39 is 0 Å². The lowest BCUT2D eigenvalue weighted by atomic mass is 9.79. The average Bonchev–Trinajstić information content (AvgIpc) is 2.85. The smallest absolute Gasteiger partial charge is 0.225 e. The van der Waals surface area contributed by atoms with Crippen LogP contribution in [0.15, 0.2) is 24.3 Å². The Morgan fingerprint density at radius 2 is 1.90 bits per heavy atom. The summed E-state index contributed by atoms with van der Waals surface area (Å²) in [5.74, 6) is 0.192. The molecular weight excluding hydrogens is 267 g/mol. The maximum absolute atomic E-state index is 12.9. The lowest BCUT2D eigenvalue weighted by Crippen LogP contribution is -2.57. The molecule has 0 radical (unpaired) electrons. The Balaban J connectivity index is 1.51. The molecule has 1 aromatic carbocycles. The molecule has 0 N–H and O–H groups in total. The second-order valence-electron chi connectivity index (χ2n) is 6.94. The summed E-state index contributed by atoms with van der Waals surface area (Å²) >= 11 is 0. The lowest BCUT2D eigenvalue weighted by Gasteiger charge is -2.48. The first-order chi connectivity index (χ1) is 9.97. The van der Waals surface area contributed by atoms with Crippen molar-refractivity contribution >= 4 is 5.91 Å². The Hall–Kier alpha value is -1.42. The van der Waals surface area contributed by atoms with E-state index in [0.717, 1.165) is 44.7 Å². The molecule has 1 aromatic rings. The van der Waals surface area contributed by atoms with Gasteiger partial charge < -0.3 is 4.90 Å². The van der Waals surface area contributed by atoms with Crippen LogP contribution in [0, 0.1) is 17.2 Å². The van der Waals surface area contributed by atoms with E-state index in [9.17, 15) is 9.18 Å². The monoisotopic (exact) mass is 290 g/mol. The Morgan fingerprint density at radius 3 is 2.52 bits per heavy atom. The highest BCUT2D eigenvalue weighted by molar-refractivity contribution is 5.78. The van der Waals surface area contributed by atoms with Gasteiger partial charge in [0.05, 0.1) is 0 Å². The van der Waals surface area contributed by atoms with Gasteiger partial charge in [-0.2, -0.15) is 0 Å². The third kappa shape index (κ3) is 2.95. The highest BCUT2D eigenvalue weighted by Gasteiger charge is 2.48. The van der Waals surface area contributed by atoms with Crippen molar-refractivity contribution in [2.24, 2.45) is 11.3 Å². The second-order valence-corrected chi connectivity index (χ2v) is 6.94. The molecule has 1 amide bonds. The van der Waals surface area contributed by atoms with Crippen molar-refractivity contribution in [2.45, 2.75) is 26.8 Å². The van der Waals surface area contributed by atoms with Crippen LogP contribution < -0.4 is 0 Å². The van der Waals surface area contributed by atoms with E-state index in [-0.39, 0.29) is 17.6 Å². The van der Waals surface area contributed by atoms with Crippen molar-refractivity contribution in [1.82, 2.24) is 9.80 Å². The predicted molar refractivity (Wildman–Crippen MR) is 80.1 cm³/mol. The Morgan fingerprint density at radius 1 is 1.24 bits per heavy atom. The average molecular weight is 290 g/mol. The minimum atomic E-state index is -0.183. The molecular formula is C17H23FN2O. The van der Waals surface area contributed by atoms with Gasteiger partial charge in [0.2, 0.25) is 5.91 Å². The number of benzene rings is 1. The van der Waals surface area contributed by atoms with Gasteiger partial charge in [-0.1, -0.05) is 26.0 Å². The highest BCUT2D eigenvalue weighted by atomic mass is 19.1. The van der Waals surface area contributed by atoms with E-state index in [4.69, 9.17) is 0 Å². The van der Waals surface area contributed by atoms with Crippen molar-refractivity contribution in [3.63, 3.8) is 0 Å². The third-order valence-corrected chi connectivity index (χ3v) is 4.68. The normalized spacial score (nSPS) is 21.0. The maximum Gasteiger partial charge on any atom is 0.225 e. The summed E-state index contributed by atoms with van der Waals surface area (Å²) in [6.45, 7) is 8.72. The fraction of sp³-hybridized carbons (Fsp3) is 0.588. The van der Waals surface area contributed by atoms with Crippen LogP contribution in [0.5, 0.6) is 0 Å². The number of likely N-dealkylation sites (tertiary alicyclic amines) is 2. The molecule has 114 valence electrons. The van der Waals surface area contributed by atoms with Crippen molar-refractivity contribution in [1.29, 1.82) is 0 Å². The Labute approximate surface area is 125 Å². The number of halogens is 1. The number of hydrogen-bond acceptors (Lipinski definition) is 2. The Bertz CT molecular complexity index is 520. The molecule has 1 spiro atoms. The van der Waals surface area contributed by atoms with Gasteiger partial charge in [0.15, 0.2) is 0 Å². The zero-order valence-corrected chi connectivity index (χ0v) is 12.8. The summed E-state index contributed by atoms with van der Waals surface area (Å²) in [5, 5.41) is 0. The molecule has 21 heavy (non-hydrogen) atoms. The summed E-state index contributed by atoms with van der Waals surface area (Å²) in [6, 6.07) is 6.74. The molecule has 3 rings (SSSR count). The largest absolute Gasteiger partial charge is 0.342 e. The number of amides is 1. The van der Waals surface area contributed by atoms with Crippen molar-refractivity contribution < 1.29 is 9.18 Å². The minimum absolute atomic E-state index is 0.0931. The molecule has 2 aliphatic heterocycles. The van der Waals surface area contributed by atoms with Crippen LogP contribution in [-0.2, 0) is 11.3 Å². The van der Waals surface area contributed by atoms with Crippen LogP contribution in [0.1, 0.15) is 25.8 Å². The zero-order valence-electron chi connectivity index (χ0n) is 12.8. The van der Waals surface area contributed by atoms with Gasteiger partial charge in [-0.05, 0) is 24.1 Å². The van der Waals surface area contributed by atoms with Gasteiger partial charge in [0.25, 0.3) is 0 Å². The summed E-state index contributed by atoms with van der Waals surface area (Å²) in [6.07, 6.45) is 1.12. The first-order valence-electron chi connectivity index (χ1n) is 7.73. The fourth-order valence-electron chi connectivity index (χ4n) is 3.61. The highest BCUT2D eigenvalue weighted by Crippen LogP contribution is 2.40. The predicted octanol–water partition coefficient (Wildman–Crippen LogP) is 2.52. The molecule has 0 aromatic heterocycles. The molecule has 3 nitrogen and oxygen atoms in total. The van der Waals surface area contributed by atoms with Gasteiger partial charge >= 0.3 is 0 Å². The lowest BCUT2D eigenvalue weighted by molar-refractivity contribution is -0.134. The van der Waals surface area contributed by atoms with E-state index in [1.165, 1.54) is 12.1 Å². The van der Waals surface area contributed by atoms with Gasteiger partial charge in [-0.3, -0.25) is 9.69 Å².